The van der Waals surface area contributed by atoms with Gasteiger partial charge < -0.3 is 15.5 Å². The van der Waals surface area contributed by atoms with E-state index in [2.05, 4.69) is 20.5 Å². The van der Waals surface area contributed by atoms with Crippen LogP contribution in [0.25, 0.3) is 0 Å². The second kappa shape index (κ2) is 9.84. The van der Waals surface area contributed by atoms with Gasteiger partial charge in [0.15, 0.2) is 5.17 Å². The van der Waals surface area contributed by atoms with Crippen LogP contribution in [0.15, 0.2) is 41.4 Å². The van der Waals surface area contributed by atoms with Gasteiger partial charge in [0, 0.05) is 35.6 Å². The molecule has 1 saturated heterocycles. The lowest BCUT2D eigenvalue weighted by Gasteiger charge is -2.16. The Morgan fingerprint density at radius 2 is 1.87 bits per heavy atom. The molecule has 7 nitrogen and oxygen atoms in total. The molecule has 2 N–H and O–H groups in total. The zero-order valence-corrected chi connectivity index (χ0v) is 19.0. The summed E-state index contributed by atoms with van der Waals surface area (Å²) in [4.78, 5) is 44.0. The monoisotopic (exact) mass is 476 g/mol. The highest BCUT2D eigenvalue weighted by Crippen LogP contribution is 2.29. The summed E-state index contributed by atoms with van der Waals surface area (Å²) in [5, 5.41) is 5.88. The van der Waals surface area contributed by atoms with Crippen molar-refractivity contribution in [2.75, 3.05) is 18.4 Å². The van der Waals surface area contributed by atoms with Crippen molar-refractivity contribution in [3.05, 3.63) is 51.2 Å². The van der Waals surface area contributed by atoms with Crippen LogP contribution in [0.1, 0.15) is 34.5 Å². The van der Waals surface area contributed by atoms with E-state index in [1.807, 2.05) is 6.07 Å². The number of amides is 3. The molecule has 1 unspecified atom stereocenters. The normalized spacial score (nSPS) is 18.2. The Kier molecular flexibility index (Phi) is 6.94. The molecule has 0 radical (unpaired) electrons. The molecule has 2 aromatic rings. The van der Waals surface area contributed by atoms with E-state index < -0.39 is 5.25 Å². The summed E-state index contributed by atoms with van der Waals surface area (Å²) in [7, 11) is 0. The van der Waals surface area contributed by atoms with Crippen molar-refractivity contribution in [3.8, 4) is 0 Å². The number of anilines is 1. The smallest absolute Gasteiger partial charge is 0.262 e. The number of likely N-dealkylation sites (tertiary alicyclic amines) is 1. The molecule has 3 heterocycles. The predicted octanol–water partition coefficient (Wildman–Crippen LogP) is 3.75. The Hall–Kier alpha value is -2.36. The van der Waals surface area contributed by atoms with E-state index in [-0.39, 0.29) is 24.1 Å². The number of amidine groups is 1. The minimum absolute atomic E-state index is 0.0654. The molecule has 0 spiro atoms. The second-order valence-corrected chi connectivity index (χ2v) is 10.2. The highest BCUT2D eigenvalue weighted by molar-refractivity contribution is 8.15. The van der Waals surface area contributed by atoms with E-state index in [0.29, 0.717) is 22.1 Å². The number of benzene rings is 1. The highest BCUT2D eigenvalue weighted by Gasteiger charge is 2.33. The lowest BCUT2D eigenvalue weighted by molar-refractivity contribution is -0.121. The number of nitrogens with zero attached hydrogens (tertiary/aromatic N) is 2. The molecule has 2 aliphatic rings. The average molecular weight is 477 g/mol. The molecule has 0 bridgehead atoms. The Labute approximate surface area is 193 Å². The summed E-state index contributed by atoms with van der Waals surface area (Å²) in [6.45, 7) is 2.24. The maximum Gasteiger partial charge on any atom is 0.262 e. The van der Waals surface area contributed by atoms with Gasteiger partial charge in [0.1, 0.15) is 5.25 Å². The highest BCUT2D eigenvalue weighted by atomic mass is 35.5. The number of nitrogens with one attached hydrogen (secondary N) is 2. The molecule has 0 aliphatic carbocycles. The molecule has 0 saturated carbocycles. The number of carbonyl (C=O) groups excluding carboxylic acids is 3. The van der Waals surface area contributed by atoms with Crippen molar-refractivity contribution in [2.24, 2.45) is 4.99 Å². The molecule has 162 valence electrons. The summed E-state index contributed by atoms with van der Waals surface area (Å²) >= 11 is 8.69. The average Bonchev–Trinajstić information content (AvgIpc) is 3.49. The molecule has 1 atom stereocenters. The molecular weight excluding hydrogens is 456 g/mol. The van der Waals surface area contributed by atoms with Gasteiger partial charge in [-0.25, -0.2) is 0 Å². The minimum atomic E-state index is -0.480. The fraction of sp³-hybridized carbons (Fsp3) is 0.333. The van der Waals surface area contributed by atoms with E-state index in [1.54, 1.807) is 30.3 Å². The summed E-state index contributed by atoms with van der Waals surface area (Å²) in [6.07, 6.45) is 2.28. The molecule has 1 aromatic carbocycles. The van der Waals surface area contributed by atoms with E-state index >= 15 is 0 Å². The lowest BCUT2D eigenvalue weighted by Crippen LogP contribution is -2.25. The molecule has 3 amide bonds. The third-order valence-electron chi connectivity index (χ3n) is 4.96. The topological polar surface area (TPSA) is 90.9 Å². The van der Waals surface area contributed by atoms with Gasteiger partial charge in [0.25, 0.3) is 11.8 Å². The molecule has 10 heteroatoms. The van der Waals surface area contributed by atoms with E-state index in [0.717, 1.165) is 36.0 Å². The first-order valence-electron chi connectivity index (χ1n) is 9.94. The summed E-state index contributed by atoms with van der Waals surface area (Å²) in [5.41, 5.74) is 1.06. The number of aliphatic imine (C=N–C) groups is 1. The summed E-state index contributed by atoms with van der Waals surface area (Å²) in [5.74, 6) is -0.710. The summed E-state index contributed by atoms with van der Waals surface area (Å²) in [6, 6.07) is 10.3. The van der Waals surface area contributed by atoms with E-state index in [1.165, 1.54) is 23.1 Å². The number of rotatable bonds is 6. The number of hydrogen-bond donors (Lipinski definition) is 2. The number of halogens is 1. The fourth-order valence-electron chi connectivity index (χ4n) is 3.35. The van der Waals surface area contributed by atoms with E-state index in [9.17, 15) is 14.4 Å². The molecule has 1 aromatic heterocycles. The van der Waals surface area contributed by atoms with Crippen LogP contribution in [0, 0.1) is 0 Å². The van der Waals surface area contributed by atoms with Gasteiger partial charge in [-0.3, -0.25) is 14.4 Å². The van der Waals surface area contributed by atoms with Crippen LogP contribution >= 0.6 is 34.7 Å². The fourth-order valence-corrected chi connectivity index (χ4v) is 5.50. The van der Waals surface area contributed by atoms with Gasteiger partial charge in [-0.15, -0.1) is 11.3 Å². The largest absolute Gasteiger partial charge is 0.351 e. The molecule has 1 fully saturated rings. The van der Waals surface area contributed by atoms with Gasteiger partial charge in [-0.2, -0.15) is 4.99 Å². The van der Waals surface area contributed by atoms with Gasteiger partial charge in [-0.05, 0) is 49.2 Å². The third-order valence-corrected chi connectivity index (χ3v) is 7.40. The molecular formula is C21H21ClN4O3S2. The second-order valence-electron chi connectivity index (χ2n) is 7.25. The minimum Gasteiger partial charge on any atom is -0.351 e. The van der Waals surface area contributed by atoms with Crippen LogP contribution < -0.4 is 10.6 Å². The first-order valence-corrected chi connectivity index (χ1v) is 12.0. The predicted molar refractivity (Wildman–Crippen MR) is 125 cm³/mol. The number of thioether (sulfide) groups is 1. The maximum atomic E-state index is 12.4. The molecule has 2 aliphatic heterocycles. The van der Waals surface area contributed by atoms with Crippen molar-refractivity contribution in [3.63, 3.8) is 0 Å². The zero-order valence-electron chi connectivity index (χ0n) is 16.6. The Balaban J connectivity index is 1.25. The Morgan fingerprint density at radius 3 is 2.55 bits per heavy atom. The molecule has 31 heavy (non-hydrogen) atoms. The van der Waals surface area contributed by atoms with E-state index in [4.69, 9.17) is 11.6 Å². The number of carbonyl (C=O) groups is 3. The van der Waals surface area contributed by atoms with Crippen LogP contribution in [0.2, 0.25) is 4.34 Å². The van der Waals surface area contributed by atoms with Gasteiger partial charge in [0.05, 0.1) is 10.9 Å². The van der Waals surface area contributed by atoms with Crippen LogP contribution in [-0.2, 0) is 16.1 Å². The summed E-state index contributed by atoms with van der Waals surface area (Å²) < 4.78 is 0.681. The van der Waals surface area contributed by atoms with Crippen LogP contribution in [-0.4, -0.2) is 46.1 Å². The van der Waals surface area contributed by atoms with Crippen LogP contribution in [0.3, 0.4) is 0 Å². The van der Waals surface area contributed by atoms with Crippen molar-refractivity contribution < 1.29 is 14.4 Å². The first-order chi connectivity index (χ1) is 15.0. The quantitative estimate of drug-likeness (QED) is 0.662. The zero-order chi connectivity index (χ0) is 21.8. The Bertz CT molecular complexity index is 1020. The van der Waals surface area contributed by atoms with Gasteiger partial charge in [0.2, 0.25) is 5.91 Å². The number of thiophene rings is 1. The maximum absolute atomic E-state index is 12.4. The van der Waals surface area contributed by atoms with Gasteiger partial charge >= 0.3 is 0 Å². The van der Waals surface area contributed by atoms with Crippen molar-refractivity contribution in [1.29, 1.82) is 0 Å². The van der Waals surface area contributed by atoms with Crippen LogP contribution in [0.4, 0.5) is 5.69 Å². The molecule has 4 rings (SSSR count). The van der Waals surface area contributed by atoms with Crippen molar-refractivity contribution in [1.82, 2.24) is 10.2 Å². The standard InChI is InChI=1S/C21H21ClN4O3S2/c22-17-8-7-15(30-17)12-23-19(28)13-3-5-14(6-4-13)24-18(27)11-16-20(29)25-21(31-16)26-9-1-2-10-26/h3-8,16H,1-2,9-12H2,(H,23,28)(H,24,27). The van der Waals surface area contributed by atoms with Crippen molar-refractivity contribution >= 4 is 63.3 Å². The number of hydrogen-bond acceptors (Lipinski definition) is 6. The Morgan fingerprint density at radius 1 is 1.13 bits per heavy atom. The lowest BCUT2D eigenvalue weighted by atomic mass is 10.2. The van der Waals surface area contributed by atoms with Gasteiger partial charge in [-0.1, -0.05) is 23.4 Å². The van der Waals surface area contributed by atoms with Crippen molar-refractivity contribution in [2.45, 2.75) is 31.1 Å². The first kappa shape index (κ1) is 21.9. The SMILES string of the molecule is O=C(CC1SC(N2CCCC2)=NC1=O)Nc1ccc(C(=O)NCc2ccc(Cl)s2)cc1. The van der Waals surface area contributed by atoms with Crippen LogP contribution in [0.5, 0.6) is 0 Å². The third kappa shape index (κ3) is 5.66.